The van der Waals surface area contributed by atoms with Gasteiger partial charge in [0.1, 0.15) is 0 Å². The average Bonchev–Trinajstić information content (AvgIpc) is 2.80. The zero-order chi connectivity index (χ0) is 12.5. The van der Waals surface area contributed by atoms with Crippen molar-refractivity contribution in [3.8, 4) is 0 Å². The molecule has 0 aromatic rings. The Balaban J connectivity index is 1.89. The van der Waals surface area contributed by atoms with Gasteiger partial charge in [0, 0.05) is 18.9 Å². The van der Waals surface area contributed by atoms with Gasteiger partial charge < -0.3 is 10.4 Å². The summed E-state index contributed by atoms with van der Waals surface area (Å²) >= 11 is 0. The number of amides is 1. The van der Waals surface area contributed by atoms with Gasteiger partial charge in [0.15, 0.2) is 0 Å². The Morgan fingerprint density at radius 1 is 1.06 bits per heavy atom. The number of carbonyl (C=O) groups excluding carboxylic acids is 1. The predicted molar refractivity (Wildman–Crippen MR) is 65.7 cm³/mol. The molecule has 4 heteroatoms. The first-order chi connectivity index (χ1) is 8.20. The molecule has 0 aliphatic heterocycles. The van der Waals surface area contributed by atoms with E-state index in [1.165, 1.54) is 12.8 Å². The van der Waals surface area contributed by atoms with Gasteiger partial charge in [-0.25, -0.2) is 0 Å². The highest BCUT2D eigenvalue weighted by Gasteiger charge is 2.21. The van der Waals surface area contributed by atoms with Crippen LogP contribution < -0.4 is 5.32 Å². The highest BCUT2D eigenvalue weighted by Crippen LogP contribution is 2.24. The van der Waals surface area contributed by atoms with Crippen molar-refractivity contribution in [3.63, 3.8) is 0 Å². The Kier molecular flexibility index (Phi) is 6.67. The molecule has 0 aromatic carbocycles. The van der Waals surface area contributed by atoms with Crippen molar-refractivity contribution in [2.24, 2.45) is 5.92 Å². The third kappa shape index (κ3) is 6.29. The fourth-order valence-electron chi connectivity index (χ4n) is 2.30. The molecule has 0 atom stereocenters. The summed E-state index contributed by atoms with van der Waals surface area (Å²) in [5.41, 5.74) is 0. The van der Waals surface area contributed by atoms with Gasteiger partial charge in [-0.3, -0.25) is 9.59 Å². The molecule has 0 heterocycles. The molecule has 0 spiro atoms. The second-order valence-electron chi connectivity index (χ2n) is 4.83. The van der Waals surface area contributed by atoms with Crippen LogP contribution in [-0.2, 0) is 9.59 Å². The number of hydrogen-bond acceptors (Lipinski definition) is 2. The smallest absolute Gasteiger partial charge is 0.303 e. The van der Waals surface area contributed by atoms with Crippen LogP contribution in [0.1, 0.15) is 57.8 Å². The van der Waals surface area contributed by atoms with Crippen molar-refractivity contribution in [1.82, 2.24) is 5.32 Å². The first-order valence-electron chi connectivity index (χ1n) is 6.69. The average molecular weight is 241 g/mol. The number of carboxylic acid groups (broad SMARTS) is 1. The molecule has 1 aliphatic carbocycles. The van der Waals surface area contributed by atoms with Crippen LogP contribution in [0, 0.1) is 5.92 Å². The molecule has 98 valence electrons. The quantitative estimate of drug-likeness (QED) is 0.641. The topological polar surface area (TPSA) is 66.4 Å². The molecular weight excluding hydrogens is 218 g/mol. The normalized spacial score (nSPS) is 16.0. The summed E-state index contributed by atoms with van der Waals surface area (Å²) in [4.78, 5) is 21.9. The maximum absolute atomic E-state index is 11.6. The van der Waals surface area contributed by atoms with Gasteiger partial charge in [0.2, 0.25) is 5.91 Å². The summed E-state index contributed by atoms with van der Waals surface area (Å²) in [7, 11) is 0. The van der Waals surface area contributed by atoms with E-state index in [2.05, 4.69) is 5.32 Å². The van der Waals surface area contributed by atoms with E-state index in [1.54, 1.807) is 0 Å². The molecule has 1 saturated carbocycles. The van der Waals surface area contributed by atoms with E-state index in [-0.39, 0.29) is 18.2 Å². The Morgan fingerprint density at radius 2 is 1.71 bits per heavy atom. The monoisotopic (exact) mass is 241 g/mol. The van der Waals surface area contributed by atoms with Crippen LogP contribution in [0.25, 0.3) is 0 Å². The second kappa shape index (κ2) is 8.09. The van der Waals surface area contributed by atoms with Gasteiger partial charge in [-0.2, -0.15) is 0 Å². The summed E-state index contributed by atoms with van der Waals surface area (Å²) in [5.74, 6) is -0.255. The van der Waals surface area contributed by atoms with Crippen molar-refractivity contribution in [2.75, 3.05) is 6.54 Å². The molecule has 0 bridgehead atoms. The molecule has 0 aromatic heterocycles. The first kappa shape index (κ1) is 14.0. The molecule has 1 fully saturated rings. The van der Waals surface area contributed by atoms with E-state index < -0.39 is 5.97 Å². The van der Waals surface area contributed by atoms with Crippen molar-refractivity contribution in [1.29, 1.82) is 0 Å². The van der Waals surface area contributed by atoms with Gasteiger partial charge in [0.25, 0.3) is 0 Å². The van der Waals surface area contributed by atoms with Crippen LogP contribution in [-0.4, -0.2) is 23.5 Å². The fraction of sp³-hybridized carbons (Fsp3) is 0.846. The van der Waals surface area contributed by atoms with Crippen LogP contribution in [0.2, 0.25) is 0 Å². The van der Waals surface area contributed by atoms with Crippen LogP contribution in [0.4, 0.5) is 0 Å². The third-order valence-corrected chi connectivity index (χ3v) is 3.34. The number of nitrogens with one attached hydrogen (secondary N) is 1. The third-order valence-electron chi connectivity index (χ3n) is 3.34. The Bertz CT molecular complexity index is 247. The largest absolute Gasteiger partial charge is 0.481 e. The molecule has 0 saturated heterocycles. The first-order valence-corrected chi connectivity index (χ1v) is 6.69. The number of aliphatic carboxylic acids is 1. The van der Waals surface area contributed by atoms with Gasteiger partial charge in [-0.1, -0.05) is 25.7 Å². The Labute approximate surface area is 103 Å². The summed E-state index contributed by atoms with van der Waals surface area (Å²) in [5, 5.41) is 11.4. The van der Waals surface area contributed by atoms with Gasteiger partial charge in [0.05, 0.1) is 0 Å². The van der Waals surface area contributed by atoms with E-state index >= 15 is 0 Å². The number of rotatable bonds is 8. The molecule has 17 heavy (non-hydrogen) atoms. The van der Waals surface area contributed by atoms with E-state index in [9.17, 15) is 9.59 Å². The van der Waals surface area contributed by atoms with Crippen molar-refractivity contribution in [2.45, 2.75) is 57.8 Å². The standard InChI is InChI=1S/C13H23NO3/c15-12(16)9-3-1-2-6-10-14-13(17)11-7-4-5-8-11/h11H,1-10H2,(H,14,17)(H,15,16). The van der Waals surface area contributed by atoms with E-state index in [4.69, 9.17) is 5.11 Å². The number of carbonyl (C=O) groups is 2. The SMILES string of the molecule is O=C(O)CCCCCCNC(=O)C1CCCC1. The van der Waals surface area contributed by atoms with E-state index in [0.717, 1.165) is 45.1 Å². The number of hydrogen-bond donors (Lipinski definition) is 2. The Morgan fingerprint density at radius 3 is 2.35 bits per heavy atom. The molecule has 0 unspecified atom stereocenters. The summed E-state index contributed by atoms with van der Waals surface area (Å²) in [6.07, 6.45) is 8.36. The lowest BCUT2D eigenvalue weighted by molar-refractivity contribution is -0.137. The van der Waals surface area contributed by atoms with E-state index in [1.807, 2.05) is 0 Å². The Hall–Kier alpha value is -1.06. The van der Waals surface area contributed by atoms with Crippen molar-refractivity contribution in [3.05, 3.63) is 0 Å². The second-order valence-corrected chi connectivity index (χ2v) is 4.83. The lowest BCUT2D eigenvalue weighted by Crippen LogP contribution is -2.30. The van der Waals surface area contributed by atoms with Gasteiger partial charge >= 0.3 is 5.97 Å². The fourth-order valence-corrected chi connectivity index (χ4v) is 2.30. The van der Waals surface area contributed by atoms with Gasteiger partial charge in [-0.05, 0) is 25.7 Å². The minimum absolute atomic E-state index is 0.216. The molecule has 1 aliphatic rings. The number of carboxylic acids is 1. The summed E-state index contributed by atoms with van der Waals surface area (Å²) in [6.45, 7) is 0.738. The lowest BCUT2D eigenvalue weighted by Gasteiger charge is -2.09. The zero-order valence-electron chi connectivity index (χ0n) is 10.4. The van der Waals surface area contributed by atoms with Crippen LogP contribution >= 0.6 is 0 Å². The maximum atomic E-state index is 11.6. The number of unbranched alkanes of at least 4 members (excludes halogenated alkanes) is 3. The van der Waals surface area contributed by atoms with Crippen LogP contribution in [0.15, 0.2) is 0 Å². The molecular formula is C13H23NO3. The van der Waals surface area contributed by atoms with Crippen LogP contribution in [0.3, 0.4) is 0 Å². The zero-order valence-corrected chi connectivity index (χ0v) is 10.4. The minimum atomic E-state index is -0.723. The maximum Gasteiger partial charge on any atom is 0.303 e. The van der Waals surface area contributed by atoms with Crippen LogP contribution in [0.5, 0.6) is 0 Å². The van der Waals surface area contributed by atoms with Crippen molar-refractivity contribution < 1.29 is 14.7 Å². The predicted octanol–water partition coefficient (Wildman–Crippen LogP) is 2.33. The van der Waals surface area contributed by atoms with Gasteiger partial charge in [-0.15, -0.1) is 0 Å². The summed E-state index contributed by atoms with van der Waals surface area (Å²) in [6, 6.07) is 0. The molecule has 0 radical (unpaired) electrons. The summed E-state index contributed by atoms with van der Waals surface area (Å²) < 4.78 is 0. The highest BCUT2D eigenvalue weighted by atomic mass is 16.4. The lowest BCUT2D eigenvalue weighted by atomic mass is 10.1. The van der Waals surface area contributed by atoms with Crippen molar-refractivity contribution >= 4 is 11.9 Å². The van der Waals surface area contributed by atoms with E-state index in [0.29, 0.717) is 0 Å². The molecule has 2 N–H and O–H groups in total. The molecule has 1 amide bonds. The molecule has 1 rings (SSSR count). The highest BCUT2D eigenvalue weighted by molar-refractivity contribution is 5.78. The minimum Gasteiger partial charge on any atom is -0.481 e. The molecule has 4 nitrogen and oxygen atoms in total.